The minimum absolute atomic E-state index is 0.00920. The summed E-state index contributed by atoms with van der Waals surface area (Å²) in [4.78, 5) is 0. The molecule has 0 aliphatic carbocycles. The molecule has 0 saturated heterocycles. The fraction of sp³-hybridized carbons (Fsp3) is 0. The third-order valence-corrected chi connectivity index (χ3v) is 7.21. The molecule has 9 aromatic rings. The second-order valence-electron chi connectivity index (χ2n) is 9.37. The minimum atomic E-state index is -0.742. The van der Waals surface area contributed by atoms with Crippen LogP contribution in [0.25, 0.3) is 87.5 Å². The van der Waals surface area contributed by atoms with Crippen molar-refractivity contribution in [2.75, 3.05) is 0 Å². The van der Waals surface area contributed by atoms with E-state index in [1.54, 1.807) is 30.3 Å². The predicted octanol–water partition coefficient (Wildman–Crippen LogP) is 11.1. The van der Waals surface area contributed by atoms with Gasteiger partial charge in [0.15, 0.2) is 0 Å². The van der Waals surface area contributed by atoms with Gasteiger partial charge in [-0.1, -0.05) is 90.7 Å². The lowest BCUT2D eigenvalue weighted by molar-refractivity contribution is 0.616. The van der Waals surface area contributed by atoms with Crippen LogP contribution < -0.4 is 0 Å². The maximum Gasteiger partial charge on any atom is 0.136 e. The Morgan fingerprint density at radius 2 is 1.10 bits per heavy atom. The highest BCUT2D eigenvalue weighted by Crippen LogP contribution is 2.45. The third-order valence-electron chi connectivity index (χ3n) is 7.21. The molecule has 0 radical (unpaired) electrons. The number of benzene rings is 7. The summed E-state index contributed by atoms with van der Waals surface area (Å²) in [5, 5.41) is 0.164. The Hall–Kier alpha value is -5.34. The largest absolute Gasteiger partial charge is 0.464 e. The summed E-state index contributed by atoms with van der Waals surface area (Å²) < 4.78 is 145. The Balaban J connectivity index is 1.56. The average molecular weight is 526 g/mol. The summed E-state index contributed by atoms with van der Waals surface area (Å²) in [6.45, 7) is 0. The highest BCUT2D eigenvalue weighted by atomic mass is 16.3. The van der Waals surface area contributed by atoms with E-state index >= 15 is 0 Å². The van der Waals surface area contributed by atoms with E-state index in [0.29, 0.717) is 27.5 Å². The molecule has 7 aromatic carbocycles. The Morgan fingerprint density at radius 1 is 0.450 bits per heavy atom. The van der Waals surface area contributed by atoms with Crippen molar-refractivity contribution in [1.29, 1.82) is 0 Å². The van der Waals surface area contributed by atoms with Gasteiger partial charge in [0.05, 0.1) is 26.8 Å². The van der Waals surface area contributed by atoms with Gasteiger partial charge in [0, 0.05) is 16.2 Å². The van der Waals surface area contributed by atoms with Crippen LogP contribution in [0.2, 0.25) is 0 Å². The molecule has 0 atom stereocenters. The van der Waals surface area contributed by atoms with Crippen LogP contribution in [0.3, 0.4) is 0 Å². The summed E-state index contributed by atoms with van der Waals surface area (Å²) in [5.74, 6) is 0. The van der Waals surface area contributed by atoms with Gasteiger partial charge in [-0.3, -0.25) is 0 Å². The normalized spacial score (nSPS) is 17.2. The third kappa shape index (κ3) is 3.05. The molecule has 0 spiro atoms. The van der Waals surface area contributed by atoms with Crippen molar-refractivity contribution in [3.8, 4) is 22.3 Å². The molecule has 186 valence electrons. The lowest BCUT2D eigenvalue weighted by Gasteiger charge is -2.18. The summed E-state index contributed by atoms with van der Waals surface area (Å²) in [7, 11) is 0. The van der Waals surface area contributed by atoms with Crippen LogP contribution in [-0.4, -0.2) is 0 Å². The van der Waals surface area contributed by atoms with Gasteiger partial charge in [-0.2, -0.15) is 0 Å². The van der Waals surface area contributed by atoms with E-state index in [1.165, 1.54) is 6.26 Å². The summed E-state index contributed by atoms with van der Waals surface area (Å²) in [6, 6.07) is 0.225. The van der Waals surface area contributed by atoms with Gasteiger partial charge in [0.2, 0.25) is 0 Å². The van der Waals surface area contributed by atoms with Gasteiger partial charge >= 0.3 is 0 Å². The molecular formula is C38H22O2. The van der Waals surface area contributed by atoms with Crippen LogP contribution in [0.1, 0.15) is 20.6 Å². The van der Waals surface area contributed by atoms with E-state index in [-0.39, 0.29) is 38.2 Å². The molecule has 0 amide bonds. The first-order valence-electron chi connectivity index (χ1n) is 19.9. The quantitative estimate of drug-likeness (QED) is 0.210. The smallest absolute Gasteiger partial charge is 0.136 e. The maximum atomic E-state index is 9.37. The number of hydrogen-bond donors (Lipinski definition) is 0. The standard InChI is InChI=1S/C38H22O2/c1-2-8-24-19-26(14-13-23(24)7-1)37-28-9-3-5-11-30(28)38(31-12-6-4-10-29(31)37)27-15-16-34-32(20-27)33-22-35-25(17-18-39-35)21-36(33)40-34/h1-22H/i1D,2D,3D,4D,5D,6D,7D,8D,9D,10D,11D,12D,13D,14D,19D. The highest BCUT2D eigenvalue weighted by molar-refractivity contribution is 6.22. The van der Waals surface area contributed by atoms with E-state index in [1.807, 2.05) is 6.07 Å². The summed E-state index contributed by atoms with van der Waals surface area (Å²) in [5.41, 5.74) is 0.990. The highest BCUT2D eigenvalue weighted by Gasteiger charge is 2.18. The van der Waals surface area contributed by atoms with Crippen molar-refractivity contribution in [3.63, 3.8) is 0 Å². The topological polar surface area (TPSA) is 26.3 Å². The first kappa shape index (κ1) is 11.8. The van der Waals surface area contributed by atoms with E-state index in [2.05, 4.69) is 0 Å². The SMILES string of the molecule is [2H]c1c([2H])c([2H])c2c([2H])c(-c3c4c([2H])c([2H])c([2H])c([2H])c4c(-c4ccc5oc6cc7ccoc7cc6c5c4)c4c([2H])c([2H])c([2H])c([2H])c34)c([2H])c([2H])c2c1[2H]. The van der Waals surface area contributed by atoms with Crippen LogP contribution in [0.15, 0.2) is 142 Å². The van der Waals surface area contributed by atoms with Crippen LogP contribution in [0.4, 0.5) is 0 Å². The van der Waals surface area contributed by atoms with Crippen LogP contribution in [0, 0.1) is 0 Å². The monoisotopic (exact) mass is 525 g/mol. The number of rotatable bonds is 2. The van der Waals surface area contributed by atoms with E-state index in [9.17, 15) is 8.22 Å². The average Bonchev–Trinajstić information content (AvgIpc) is 3.78. The first-order valence-corrected chi connectivity index (χ1v) is 12.4. The second kappa shape index (κ2) is 8.08. The van der Waals surface area contributed by atoms with Crippen molar-refractivity contribution in [2.24, 2.45) is 0 Å². The van der Waals surface area contributed by atoms with Crippen LogP contribution in [-0.2, 0) is 0 Å². The molecule has 2 aromatic heterocycles. The first-order chi connectivity index (χ1) is 26.1. The molecule has 9 rings (SSSR count). The Morgan fingerprint density at radius 3 is 1.85 bits per heavy atom. The Labute approximate surface area is 250 Å². The maximum absolute atomic E-state index is 9.37. The molecule has 0 aliphatic rings. The predicted molar refractivity (Wildman–Crippen MR) is 167 cm³/mol. The minimum Gasteiger partial charge on any atom is -0.464 e. The molecule has 0 N–H and O–H groups in total. The summed E-state index contributed by atoms with van der Waals surface area (Å²) >= 11 is 0. The van der Waals surface area contributed by atoms with Gasteiger partial charge in [-0.05, 0) is 90.9 Å². The van der Waals surface area contributed by atoms with Crippen molar-refractivity contribution >= 4 is 65.2 Å². The molecular weight excluding hydrogens is 488 g/mol. The van der Waals surface area contributed by atoms with Gasteiger partial charge in [0.1, 0.15) is 16.7 Å². The number of furan rings is 2. The van der Waals surface area contributed by atoms with Crippen molar-refractivity contribution < 1.29 is 29.4 Å². The van der Waals surface area contributed by atoms with E-state index < -0.39 is 107 Å². The Bertz CT molecular complexity index is 3190. The summed E-state index contributed by atoms with van der Waals surface area (Å²) in [6.07, 6.45) is 1.54. The fourth-order valence-electron chi connectivity index (χ4n) is 5.46. The molecule has 0 unspecified atom stereocenters. The Kier molecular flexibility index (Phi) is 2.39. The molecule has 0 bridgehead atoms. The van der Waals surface area contributed by atoms with E-state index in [0.717, 1.165) is 5.39 Å². The lowest BCUT2D eigenvalue weighted by atomic mass is 9.85. The van der Waals surface area contributed by atoms with Crippen molar-refractivity contribution in [2.45, 2.75) is 0 Å². The van der Waals surface area contributed by atoms with Crippen molar-refractivity contribution in [3.05, 3.63) is 133 Å². The van der Waals surface area contributed by atoms with Gasteiger partial charge < -0.3 is 8.83 Å². The van der Waals surface area contributed by atoms with Gasteiger partial charge in [-0.15, -0.1) is 0 Å². The zero-order chi connectivity index (χ0) is 39.3. The van der Waals surface area contributed by atoms with Gasteiger partial charge in [0.25, 0.3) is 0 Å². The van der Waals surface area contributed by atoms with Crippen molar-refractivity contribution in [1.82, 2.24) is 0 Å². The zero-order valence-corrected chi connectivity index (χ0v) is 20.4. The molecule has 0 aliphatic heterocycles. The number of hydrogen-bond acceptors (Lipinski definition) is 2. The second-order valence-corrected chi connectivity index (χ2v) is 9.37. The van der Waals surface area contributed by atoms with E-state index in [4.69, 9.17) is 21.2 Å². The zero-order valence-electron chi connectivity index (χ0n) is 35.4. The van der Waals surface area contributed by atoms with Gasteiger partial charge in [-0.25, -0.2) is 0 Å². The van der Waals surface area contributed by atoms with Crippen LogP contribution >= 0.6 is 0 Å². The molecule has 0 fully saturated rings. The van der Waals surface area contributed by atoms with Crippen LogP contribution in [0.5, 0.6) is 0 Å². The molecule has 2 heteroatoms. The fourth-order valence-corrected chi connectivity index (χ4v) is 5.46. The molecule has 2 nitrogen and oxygen atoms in total. The lowest BCUT2D eigenvalue weighted by Crippen LogP contribution is -1.91. The molecule has 2 heterocycles. The number of fused-ring (bicyclic) bond motifs is 7. The molecule has 40 heavy (non-hydrogen) atoms. The molecule has 0 saturated carbocycles.